The van der Waals surface area contributed by atoms with E-state index in [2.05, 4.69) is 31.3 Å². The van der Waals surface area contributed by atoms with Crippen molar-refractivity contribution in [1.29, 1.82) is 0 Å². The van der Waals surface area contributed by atoms with E-state index in [9.17, 15) is 0 Å². The molecule has 3 rings (SSSR count). The summed E-state index contributed by atoms with van der Waals surface area (Å²) in [5.41, 5.74) is 1.24. The molecule has 4 heteroatoms. The predicted molar refractivity (Wildman–Crippen MR) is 77.4 cm³/mol. The van der Waals surface area contributed by atoms with Crippen molar-refractivity contribution in [2.75, 3.05) is 26.4 Å². The van der Waals surface area contributed by atoms with Crippen LogP contribution in [-0.2, 0) is 4.74 Å². The highest BCUT2D eigenvalue weighted by Crippen LogP contribution is 2.32. The van der Waals surface area contributed by atoms with Gasteiger partial charge in [-0.25, -0.2) is 0 Å². The lowest BCUT2D eigenvalue weighted by Crippen LogP contribution is -2.29. The largest absolute Gasteiger partial charge is 0.486 e. The van der Waals surface area contributed by atoms with Gasteiger partial charge in [-0.15, -0.1) is 0 Å². The Hall–Kier alpha value is -1.26. The Morgan fingerprint density at radius 1 is 1.20 bits per heavy atom. The summed E-state index contributed by atoms with van der Waals surface area (Å²) in [6.45, 7) is 7.51. The van der Waals surface area contributed by atoms with Crippen LogP contribution in [0.25, 0.3) is 0 Å². The topological polar surface area (TPSA) is 39.7 Å². The van der Waals surface area contributed by atoms with E-state index >= 15 is 0 Å². The zero-order valence-electron chi connectivity index (χ0n) is 12.2. The van der Waals surface area contributed by atoms with Gasteiger partial charge in [0.15, 0.2) is 11.5 Å². The molecule has 2 aliphatic heterocycles. The summed E-state index contributed by atoms with van der Waals surface area (Å²) >= 11 is 0. The van der Waals surface area contributed by atoms with E-state index in [4.69, 9.17) is 14.2 Å². The Bertz CT molecular complexity index is 463. The number of hydrogen-bond acceptors (Lipinski definition) is 4. The van der Waals surface area contributed by atoms with E-state index in [1.807, 2.05) is 6.07 Å². The van der Waals surface area contributed by atoms with Crippen LogP contribution in [0.5, 0.6) is 11.5 Å². The van der Waals surface area contributed by atoms with Crippen molar-refractivity contribution in [3.8, 4) is 11.5 Å². The van der Waals surface area contributed by atoms with Crippen molar-refractivity contribution >= 4 is 0 Å². The maximum atomic E-state index is 5.64. The summed E-state index contributed by atoms with van der Waals surface area (Å²) in [6.07, 6.45) is 1.53. The van der Waals surface area contributed by atoms with E-state index in [1.54, 1.807) is 0 Å². The maximum absolute atomic E-state index is 5.64. The molecule has 1 aromatic rings. The number of benzene rings is 1. The number of fused-ring (bicyclic) bond motifs is 1. The lowest BCUT2D eigenvalue weighted by molar-refractivity contribution is 0.105. The van der Waals surface area contributed by atoms with Crippen LogP contribution in [0, 0.1) is 5.92 Å². The van der Waals surface area contributed by atoms with Gasteiger partial charge in [0.25, 0.3) is 0 Å². The van der Waals surface area contributed by atoms with Gasteiger partial charge < -0.3 is 19.5 Å². The fourth-order valence-electron chi connectivity index (χ4n) is 2.82. The zero-order valence-corrected chi connectivity index (χ0v) is 12.2. The van der Waals surface area contributed by atoms with Gasteiger partial charge in [-0.2, -0.15) is 0 Å². The SMILES string of the molecule is CC(NCC1CCOC1C)c1ccc2c(c1)OCCO2. The fraction of sp³-hybridized carbons (Fsp3) is 0.625. The Morgan fingerprint density at radius 3 is 2.75 bits per heavy atom. The second-order valence-corrected chi connectivity index (χ2v) is 5.66. The predicted octanol–water partition coefficient (Wildman–Crippen LogP) is 2.53. The molecule has 1 aromatic carbocycles. The van der Waals surface area contributed by atoms with Crippen molar-refractivity contribution in [3.05, 3.63) is 23.8 Å². The fourth-order valence-corrected chi connectivity index (χ4v) is 2.82. The van der Waals surface area contributed by atoms with Crippen molar-refractivity contribution in [3.63, 3.8) is 0 Å². The van der Waals surface area contributed by atoms with Crippen LogP contribution in [0.1, 0.15) is 31.9 Å². The van der Waals surface area contributed by atoms with E-state index in [0.29, 0.717) is 31.3 Å². The minimum atomic E-state index is 0.304. The van der Waals surface area contributed by atoms with Gasteiger partial charge in [-0.05, 0) is 43.9 Å². The molecule has 2 aliphatic rings. The first-order valence-corrected chi connectivity index (χ1v) is 7.48. The van der Waals surface area contributed by atoms with Crippen LogP contribution in [0.15, 0.2) is 18.2 Å². The van der Waals surface area contributed by atoms with Gasteiger partial charge in [0, 0.05) is 19.2 Å². The molecule has 110 valence electrons. The van der Waals surface area contributed by atoms with Gasteiger partial charge in [0.2, 0.25) is 0 Å². The molecule has 0 aromatic heterocycles. The average molecular weight is 277 g/mol. The minimum Gasteiger partial charge on any atom is -0.486 e. The van der Waals surface area contributed by atoms with Crippen LogP contribution >= 0.6 is 0 Å². The first kappa shape index (κ1) is 13.7. The van der Waals surface area contributed by atoms with Crippen LogP contribution in [0.4, 0.5) is 0 Å². The number of hydrogen-bond donors (Lipinski definition) is 1. The summed E-state index contributed by atoms with van der Waals surface area (Å²) < 4.78 is 16.8. The Morgan fingerprint density at radius 2 is 2.00 bits per heavy atom. The summed E-state index contributed by atoms with van der Waals surface area (Å²) in [5, 5.41) is 3.60. The molecule has 0 radical (unpaired) electrons. The third kappa shape index (κ3) is 2.91. The summed E-state index contributed by atoms with van der Waals surface area (Å²) in [7, 11) is 0. The molecule has 4 nitrogen and oxygen atoms in total. The van der Waals surface area contributed by atoms with Gasteiger partial charge in [0.05, 0.1) is 6.10 Å². The Labute approximate surface area is 120 Å². The van der Waals surface area contributed by atoms with E-state index in [1.165, 1.54) is 5.56 Å². The molecule has 3 atom stereocenters. The highest BCUT2D eigenvalue weighted by Gasteiger charge is 2.24. The van der Waals surface area contributed by atoms with Gasteiger partial charge in [0.1, 0.15) is 13.2 Å². The molecule has 2 heterocycles. The summed E-state index contributed by atoms with van der Waals surface area (Å²) in [4.78, 5) is 0. The second-order valence-electron chi connectivity index (χ2n) is 5.66. The maximum Gasteiger partial charge on any atom is 0.161 e. The van der Waals surface area contributed by atoms with E-state index in [-0.39, 0.29) is 0 Å². The minimum absolute atomic E-state index is 0.304. The normalized spacial score (nSPS) is 26.5. The molecule has 3 unspecified atom stereocenters. The zero-order chi connectivity index (χ0) is 13.9. The van der Waals surface area contributed by atoms with Gasteiger partial charge in [-0.1, -0.05) is 6.07 Å². The van der Waals surface area contributed by atoms with Crippen LogP contribution in [-0.4, -0.2) is 32.5 Å². The smallest absolute Gasteiger partial charge is 0.161 e. The lowest BCUT2D eigenvalue weighted by Gasteiger charge is -2.22. The van der Waals surface area contributed by atoms with E-state index < -0.39 is 0 Å². The molecule has 0 spiro atoms. The molecular weight excluding hydrogens is 254 g/mol. The van der Waals surface area contributed by atoms with Crippen molar-refractivity contribution in [2.24, 2.45) is 5.92 Å². The van der Waals surface area contributed by atoms with Crippen molar-refractivity contribution < 1.29 is 14.2 Å². The van der Waals surface area contributed by atoms with Crippen LogP contribution < -0.4 is 14.8 Å². The first-order valence-electron chi connectivity index (χ1n) is 7.48. The highest BCUT2D eigenvalue weighted by molar-refractivity contribution is 5.44. The quantitative estimate of drug-likeness (QED) is 0.918. The molecular formula is C16H23NO3. The average Bonchev–Trinajstić information content (AvgIpc) is 2.89. The van der Waals surface area contributed by atoms with Gasteiger partial charge in [-0.3, -0.25) is 0 Å². The number of nitrogens with one attached hydrogen (secondary N) is 1. The molecule has 1 saturated heterocycles. The van der Waals surface area contributed by atoms with Gasteiger partial charge >= 0.3 is 0 Å². The monoisotopic (exact) mass is 277 g/mol. The molecule has 1 fully saturated rings. The molecule has 0 aliphatic carbocycles. The number of rotatable bonds is 4. The Balaban J connectivity index is 1.60. The third-order valence-electron chi connectivity index (χ3n) is 4.29. The highest BCUT2D eigenvalue weighted by atomic mass is 16.6. The summed E-state index contributed by atoms with van der Waals surface area (Å²) in [5.74, 6) is 2.33. The Kier molecular flexibility index (Phi) is 4.13. The van der Waals surface area contributed by atoms with E-state index in [0.717, 1.165) is 31.1 Å². The van der Waals surface area contributed by atoms with Crippen molar-refractivity contribution in [1.82, 2.24) is 5.32 Å². The lowest BCUT2D eigenvalue weighted by atomic mass is 10.0. The second kappa shape index (κ2) is 6.02. The van der Waals surface area contributed by atoms with Crippen LogP contribution in [0.2, 0.25) is 0 Å². The molecule has 20 heavy (non-hydrogen) atoms. The van der Waals surface area contributed by atoms with Crippen LogP contribution in [0.3, 0.4) is 0 Å². The molecule has 1 N–H and O–H groups in total. The third-order valence-corrected chi connectivity index (χ3v) is 4.29. The summed E-state index contributed by atoms with van der Waals surface area (Å²) in [6, 6.07) is 6.50. The molecule has 0 amide bonds. The van der Waals surface area contributed by atoms with Crippen molar-refractivity contribution in [2.45, 2.75) is 32.4 Å². The standard InChI is InChI=1S/C16H23NO3/c1-11(17-10-14-5-6-18-12(14)2)13-3-4-15-16(9-13)20-8-7-19-15/h3-4,9,11-12,14,17H,5-8,10H2,1-2H3. The first-order chi connectivity index (χ1) is 9.74. The number of ether oxygens (including phenoxy) is 3. The molecule has 0 bridgehead atoms. The molecule has 0 saturated carbocycles.